The van der Waals surface area contributed by atoms with Crippen LogP contribution in [0.1, 0.15) is 174 Å². The van der Waals surface area contributed by atoms with Gasteiger partial charge in [-0.2, -0.15) is 10.5 Å². The van der Waals surface area contributed by atoms with Crippen molar-refractivity contribution in [3.8, 4) is 12.1 Å². The predicted molar refractivity (Wildman–Crippen MR) is 512 cm³/mol. The minimum Gasteiger partial charge on any atom is -0.464 e. The fraction of sp³-hybridized carbons (Fsp3) is 0.705. The number of ether oxygens (including phenoxy) is 16. The molecular formula is C95H156N6O24S4. The quantitative estimate of drug-likeness (QED) is 0.0148. The van der Waals surface area contributed by atoms with Crippen LogP contribution in [0.25, 0.3) is 0 Å². The first kappa shape index (κ1) is 124. The van der Waals surface area contributed by atoms with Crippen molar-refractivity contribution in [2.45, 2.75) is 197 Å². The summed E-state index contributed by atoms with van der Waals surface area (Å²) in [6.07, 6.45) is -0.326. The molecule has 0 N–H and O–H groups in total. The first-order valence-corrected chi connectivity index (χ1v) is 46.1. The number of likely N-dealkylation sites (N-methyl/N-ethyl adjacent to an activating group) is 2. The van der Waals surface area contributed by atoms with E-state index in [2.05, 4.69) is 90.5 Å². The minimum absolute atomic E-state index is 0.00921. The zero-order valence-electron chi connectivity index (χ0n) is 82.3. The lowest BCUT2D eigenvalue weighted by Gasteiger charge is -2.44. The molecule has 0 aliphatic rings. The second kappa shape index (κ2) is 68.1. The Kier molecular flexibility index (Phi) is 65.5. The third kappa shape index (κ3) is 55.4. The number of methoxy groups -OCH3 is 4. The van der Waals surface area contributed by atoms with Crippen LogP contribution in [-0.2, 0) is 114 Å². The highest BCUT2D eigenvalue weighted by Gasteiger charge is 2.56. The fourth-order valence-electron chi connectivity index (χ4n) is 13.3. The molecule has 34 heteroatoms. The van der Waals surface area contributed by atoms with Crippen molar-refractivity contribution in [2.24, 2.45) is 33.0 Å². The Balaban J connectivity index is 0. The van der Waals surface area contributed by atoms with Gasteiger partial charge in [-0.05, 0) is 202 Å². The van der Waals surface area contributed by atoms with E-state index in [4.69, 9.17) is 100 Å². The van der Waals surface area contributed by atoms with E-state index in [0.717, 1.165) is 35.6 Å². The van der Waals surface area contributed by atoms with Gasteiger partial charge in [-0.3, -0.25) is 38.6 Å². The molecule has 2 aromatic carbocycles. The Morgan fingerprint density at radius 1 is 0.403 bits per heavy atom. The number of hydrogen-bond acceptors (Lipinski definition) is 34. The molecule has 0 aliphatic heterocycles. The van der Waals surface area contributed by atoms with Gasteiger partial charge in [0.25, 0.3) is 0 Å². The number of nitrogens with zero attached hydrogens (tertiary/aromatic N) is 6. The second-order valence-electron chi connectivity index (χ2n) is 35.1. The molecule has 0 heterocycles. The molecule has 0 saturated heterocycles. The molecule has 0 aromatic heterocycles. The van der Waals surface area contributed by atoms with E-state index in [9.17, 15) is 48.9 Å². The predicted octanol–water partition coefficient (Wildman–Crippen LogP) is 13.8. The molecule has 6 atom stereocenters. The minimum atomic E-state index is -1.65. The maximum Gasteiger partial charge on any atom is 0.333 e. The van der Waals surface area contributed by atoms with Crippen LogP contribution in [0.3, 0.4) is 0 Å². The summed E-state index contributed by atoms with van der Waals surface area (Å²) in [4.78, 5) is 115. The van der Waals surface area contributed by atoms with Gasteiger partial charge in [0.1, 0.15) is 56.2 Å². The van der Waals surface area contributed by atoms with Crippen LogP contribution < -0.4 is 0 Å². The Morgan fingerprint density at radius 2 is 0.736 bits per heavy atom. The highest BCUT2D eigenvalue weighted by molar-refractivity contribution is 8.25. The maximum absolute atomic E-state index is 14.9. The third-order valence-electron chi connectivity index (χ3n) is 19.5. The summed E-state index contributed by atoms with van der Waals surface area (Å²) < 4.78 is 85.2. The molecule has 0 bridgehead atoms. The van der Waals surface area contributed by atoms with Gasteiger partial charge in [0, 0.05) is 89.9 Å². The average Bonchev–Trinajstić information content (AvgIpc) is 0.759. The van der Waals surface area contributed by atoms with E-state index < -0.39 is 78.8 Å². The molecule has 0 spiro atoms. The van der Waals surface area contributed by atoms with E-state index in [0.29, 0.717) is 103 Å². The summed E-state index contributed by atoms with van der Waals surface area (Å²) in [5.74, 6) is -5.03. The topological polar surface area (TPSA) is 345 Å². The van der Waals surface area contributed by atoms with Gasteiger partial charge in [-0.15, -0.1) is 0 Å². The summed E-state index contributed by atoms with van der Waals surface area (Å²) >= 11 is 13.8. The number of hydrogen-bond donors (Lipinski definition) is 0. The Bertz CT molecular complexity index is 3680. The number of carbonyl (C=O) groups excluding carboxylic acids is 8. The lowest BCUT2D eigenvalue weighted by molar-refractivity contribution is -0.172. The number of benzene rings is 2. The van der Waals surface area contributed by atoms with Crippen molar-refractivity contribution >= 4 is 104 Å². The number of esters is 8. The van der Waals surface area contributed by atoms with Gasteiger partial charge in [0.05, 0.1) is 126 Å². The maximum atomic E-state index is 14.9. The molecule has 2 rings (SSSR count). The zero-order valence-corrected chi connectivity index (χ0v) is 85.5. The second-order valence-corrected chi connectivity index (χ2v) is 39.1. The van der Waals surface area contributed by atoms with Crippen molar-refractivity contribution in [1.29, 1.82) is 10.5 Å². The largest absolute Gasteiger partial charge is 0.464 e. The molecule has 2 aromatic rings. The molecular weight excluding hydrogens is 1740 g/mol. The van der Waals surface area contributed by atoms with Crippen LogP contribution in [0.15, 0.2) is 85.0 Å². The first-order valence-electron chi connectivity index (χ1n) is 43.6. The summed E-state index contributed by atoms with van der Waals surface area (Å²) in [5.41, 5.74) is -4.20. The monoisotopic (exact) mass is 1890 g/mol. The lowest BCUT2D eigenvalue weighted by Crippen LogP contribution is -2.50. The van der Waals surface area contributed by atoms with Crippen molar-refractivity contribution in [3.05, 3.63) is 96.1 Å². The number of thiocarbonyl (C=S) groups is 2. The van der Waals surface area contributed by atoms with Crippen LogP contribution in [-0.4, -0.2) is 318 Å². The Labute approximate surface area is 790 Å². The van der Waals surface area contributed by atoms with Crippen molar-refractivity contribution in [1.82, 2.24) is 19.6 Å². The van der Waals surface area contributed by atoms with Gasteiger partial charge in [0.15, 0.2) is 6.79 Å². The summed E-state index contributed by atoms with van der Waals surface area (Å²) in [6, 6.07) is 24.4. The lowest BCUT2D eigenvalue weighted by atomic mass is 9.61. The normalized spacial score (nSPS) is 13.8. The molecule has 0 amide bonds. The summed E-state index contributed by atoms with van der Waals surface area (Å²) in [5, 5.41) is 19.0. The van der Waals surface area contributed by atoms with E-state index in [1.807, 2.05) is 98.7 Å². The first-order chi connectivity index (χ1) is 60.5. The fourth-order valence-corrected chi connectivity index (χ4v) is 16.7. The molecule has 30 nitrogen and oxygen atoms in total. The zero-order chi connectivity index (χ0) is 98.6. The highest BCUT2D eigenvalue weighted by atomic mass is 32.2. The number of carbonyl (C=O) groups is 8. The molecule has 734 valence electrons. The van der Waals surface area contributed by atoms with Crippen molar-refractivity contribution < 1.29 is 114 Å². The van der Waals surface area contributed by atoms with Gasteiger partial charge in [-0.25, -0.2) is 9.59 Å². The Hall–Kier alpha value is -6.94. The van der Waals surface area contributed by atoms with Crippen LogP contribution in [0.2, 0.25) is 0 Å². The molecule has 0 saturated carbocycles. The Morgan fingerprint density at radius 3 is 1.12 bits per heavy atom. The van der Waals surface area contributed by atoms with Gasteiger partial charge in [0.2, 0.25) is 0 Å². The van der Waals surface area contributed by atoms with E-state index in [1.165, 1.54) is 0 Å². The van der Waals surface area contributed by atoms with Crippen LogP contribution >= 0.6 is 48.0 Å². The molecule has 0 aliphatic carbocycles. The number of rotatable bonds is 63. The number of nitriles is 2. The van der Waals surface area contributed by atoms with Crippen molar-refractivity contribution in [3.63, 3.8) is 0 Å². The van der Waals surface area contributed by atoms with Gasteiger partial charge >= 0.3 is 47.8 Å². The van der Waals surface area contributed by atoms with Gasteiger partial charge in [-0.1, -0.05) is 122 Å². The average molecular weight is 1890 g/mol. The summed E-state index contributed by atoms with van der Waals surface area (Å²) in [7, 11) is 13.7. The highest BCUT2D eigenvalue weighted by Crippen LogP contribution is 2.52. The van der Waals surface area contributed by atoms with Crippen LogP contribution in [0.4, 0.5) is 0 Å². The smallest absolute Gasteiger partial charge is 0.333 e. The van der Waals surface area contributed by atoms with Crippen LogP contribution in [0, 0.1) is 55.7 Å². The van der Waals surface area contributed by atoms with Crippen molar-refractivity contribution in [2.75, 3.05) is 209 Å². The van der Waals surface area contributed by atoms with Gasteiger partial charge < -0.3 is 85.6 Å². The summed E-state index contributed by atoms with van der Waals surface area (Å²) in [6.45, 7) is 46.9. The molecule has 0 fully saturated rings. The van der Waals surface area contributed by atoms with E-state index in [-0.39, 0.29) is 142 Å². The van der Waals surface area contributed by atoms with E-state index in [1.54, 1.807) is 97.7 Å². The standard InChI is InChI=1S/C49H81N3O12S2.C25H36N2O6S2.C12H23NO2.C9H16O4/c1-37(2)52(38(3)4)21-23-62-44(56)49(10,66-40(65)39-18-16-15-17-19-39)35-48(9,43(55)64-31-29-60-27-25-58-14)34-47(8,42(54)63-30-28-59-26-24-57-13)33-46(7,32-45(5,6)36-50)41(53)61-22-20-51(11)12;1-25(2,17-26)16-20(22(28)32-12-11-27(3)4)15-21(23(29)33-18-31-14-13-30-5)35-24(34)19-9-7-6-8-10-19;1-9(2)12(14)15-8-7-13(10(3)4)11(5)6;1-8(2)9(10)13-7-6-12-5-4-11-3/h15-19,37-38H,20-35H2,1-14H3;6-10,20-21H,11-16,18H2,1-5H3;10-11H,1,7-8H2,2-6H3;1,4-7H2,2-3H3. The van der Waals surface area contributed by atoms with Crippen LogP contribution in [0.5, 0.6) is 0 Å². The van der Waals surface area contributed by atoms with E-state index >= 15 is 0 Å². The SMILES string of the molecule is C=C(C)C(=O)OCCN(C(C)C)C(C)C.C=C(C)C(=O)OCCOCCOC.COCCOCCOC(=O)C(C)(CC(C)(CC(C)(C)C#N)C(=O)OCCN(C)C)CC(C)(CC(C)(SC(=S)c1ccccc1)C(=O)OCCN(C(C)C)C(C)C)C(=O)OCCOCCOC.COCCOCOC(=O)C(CC(CC(C)(C)C#N)C(=O)OCCN(C)C)SC(=S)c1ccccc1. The molecule has 6 unspecified atom stereocenters. The molecule has 0 radical (unpaired) electrons. The third-order valence-corrected chi connectivity index (χ3v) is 22.8. The number of thioether (sulfide) groups is 2. The molecule has 129 heavy (non-hydrogen) atoms.